The lowest BCUT2D eigenvalue weighted by atomic mass is 10.0. The summed E-state index contributed by atoms with van der Waals surface area (Å²) in [5.41, 5.74) is 3.52. The van der Waals surface area contributed by atoms with Crippen molar-refractivity contribution in [2.24, 2.45) is 0 Å². The summed E-state index contributed by atoms with van der Waals surface area (Å²) >= 11 is 0. The van der Waals surface area contributed by atoms with E-state index in [1.165, 1.54) is 4.90 Å². The van der Waals surface area contributed by atoms with Crippen LogP contribution in [0.4, 0.5) is 0 Å². The van der Waals surface area contributed by atoms with Crippen LogP contribution in [0.2, 0.25) is 0 Å². The quantitative estimate of drug-likeness (QED) is 0.654. The van der Waals surface area contributed by atoms with Crippen molar-refractivity contribution >= 4 is 11.9 Å². The monoisotopic (exact) mass is 363 g/mol. The van der Waals surface area contributed by atoms with Gasteiger partial charge in [0.05, 0.1) is 5.69 Å². The summed E-state index contributed by atoms with van der Waals surface area (Å²) in [7, 11) is 3.23. The minimum Gasteiger partial charge on any atom is -0.452 e. The summed E-state index contributed by atoms with van der Waals surface area (Å²) in [6.45, 7) is 1.65. The van der Waals surface area contributed by atoms with Gasteiger partial charge in [-0.25, -0.2) is 9.48 Å². The highest BCUT2D eigenvalue weighted by Crippen LogP contribution is 2.27. The van der Waals surface area contributed by atoms with Gasteiger partial charge in [0.15, 0.2) is 6.61 Å². The molecule has 0 radical (unpaired) electrons. The van der Waals surface area contributed by atoms with Crippen molar-refractivity contribution < 1.29 is 14.3 Å². The van der Waals surface area contributed by atoms with Gasteiger partial charge in [0, 0.05) is 25.9 Å². The predicted octanol–water partition coefficient (Wildman–Crippen LogP) is 3.09. The van der Waals surface area contributed by atoms with Crippen LogP contribution in [-0.2, 0) is 9.53 Å². The lowest BCUT2D eigenvalue weighted by molar-refractivity contribution is -0.131. The van der Waals surface area contributed by atoms with Crippen molar-refractivity contribution in [2.75, 3.05) is 20.7 Å². The normalized spacial score (nSPS) is 10.5. The fourth-order valence-electron chi connectivity index (χ4n) is 2.61. The molecule has 0 atom stereocenters. The molecule has 138 valence electrons. The summed E-state index contributed by atoms with van der Waals surface area (Å²) in [6.07, 6.45) is 1.64. The number of nitrogens with zero attached hydrogens (tertiary/aromatic N) is 3. The van der Waals surface area contributed by atoms with Crippen LogP contribution in [0, 0.1) is 6.92 Å². The van der Waals surface area contributed by atoms with Crippen LogP contribution < -0.4 is 0 Å². The number of ether oxygens (including phenoxy) is 1. The number of hydrogen-bond acceptors (Lipinski definition) is 4. The zero-order valence-electron chi connectivity index (χ0n) is 15.5. The van der Waals surface area contributed by atoms with E-state index in [2.05, 4.69) is 5.10 Å². The van der Waals surface area contributed by atoms with Crippen molar-refractivity contribution in [3.8, 4) is 16.9 Å². The van der Waals surface area contributed by atoms with Crippen molar-refractivity contribution in [1.82, 2.24) is 14.7 Å². The van der Waals surface area contributed by atoms with E-state index >= 15 is 0 Å². The van der Waals surface area contributed by atoms with Gasteiger partial charge in [0.25, 0.3) is 5.91 Å². The highest BCUT2D eigenvalue weighted by molar-refractivity contribution is 5.97. The number of aryl methyl sites for hydroxylation is 1. The van der Waals surface area contributed by atoms with Crippen molar-refractivity contribution in [1.29, 1.82) is 0 Å². The Morgan fingerprint density at radius 2 is 1.70 bits per heavy atom. The van der Waals surface area contributed by atoms with Gasteiger partial charge < -0.3 is 9.64 Å². The Hall–Kier alpha value is -3.41. The lowest BCUT2D eigenvalue weighted by Gasteiger charge is -2.10. The molecule has 0 aliphatic rings. The Morgan fingerprint density at radius 3 is 2.37 bits per heavy atom. The average molecular weight is 363 g/mol. The van der Waals surface area contributed by atoms with E-state index < -0.39 is 5.97 Å². The summed E-state index contributed by atoms with van der Waals surface area (Å²) < 4.78 is 6.86. The number of carbonyl (C=O) groups excluding carboxylic acids is 2. The maximum atomic E-state index is 12.7. The number of esters is 1. The fraction of sp³-hybridized carbons (Fsp3) is 0.190. The van der Waals surface area contributed by atoms with E-state index in [1.54, 1.807) is 25.0 Å². The van der Waals surface area contributed by atoms with E-state index in [-0.39, 0.29) is 12.5 Å². The number of carbonyl (C=O) groups is 2. The maximum absolute atomic E-state index is 12.7. The molecule has 0 unspecified atom stereocenters. The summed E-state index contributed by atoms with van der Waals surface area (Å²) in [5.74, 6) is -0.859. The van der Waals surface area contributed by atoms with Gasteiger partial charge in [-0.3, -0.25) is 4.79 Å². The second kappa shape index (κ2) is 7.86. The molecule has 0 aliphatic heterocycles. The number of amides is 1. The van der Waals surface area contributed by atoms with Gasteiger partial charge in [0.2, 0.25) is 0 Å². The molecule has 0 saturated heterocycles. The van der Waals surface area contributed by atoms with Crippen LogP contribution >= 0.6 is 0 Å². The minimum absolute atomic E-state index is 0.281. The molecule has 0 saturated carbocycles. The van der Waals surface area contributed by atoms with Gasteiger partial charge in [-0.1, -0.05) is 42.5 Å². The van der Waals surface area contributed by atoms with E-state index in [0.29, 0.717) is 11.3 Å². The van der Waals surface area contributed by atoms with Crippen LogP contribution in [-0.4, -0.2) is 47.3 Å². The molecule has 0 fully saturated rings. The van der Waals surface area contributed by atoms with Crippen LogP contribution in [0.25, 0.3) is 16.9 Å². The molecule has 1 heterocycles. The van der Waals surface area contributed by atoms with Gasteiger partial charge >= 0.3 is 5.97 Å². The zero-order chi connectivity index (χ0) is 19.4. The van der Waals surface area contributed by atoms with Gasteiger partial charge in [0.1, 0.15) is 11.3 Å². The molecule has 6 heteroatoms. The topological polar surface area (TPSA) is 64.4 Å². The predicted molar refractivity (Wildman–Crippen MR) is 103 cm³/mol. The standard InChI is InChI=1S/C21H21N3O3/c1-15-9-7-8-12-17(15)20-18(21(26)27-14-19(25)23(2)3)13-24(22-20)16-10-5-4-6-11-16/h4-13H,14H2,1-3H3. The van der Waals surface area contributed by atoms with Crippen molar-refractivity contribution in [3.05, 3.63) is 71.9 Å². The van der Waals surface area contributed by atoms with E-state index in [4.69, 9.17) is 4.74 Å². The molecule has 27 heavy (non-hydrogen) atoms. The largest absolute Gasteiger partial charge is 0.452 e. The second-order valence-electron chi connectivity index (χ2n) is 6.35. The highest BCUT2D eigenvalue weighted by Gasteiger charge is 2.22. The van der Waals surface area contributed by atoms with E-state index in [1.807, 2.05) is 61.5 Å². The van der Waals surface area contributed by atoms with Crippen LogP contribution in [0.3, 0.4) is 0 Å². The molecular formula is C21H21N3O3. The molecule has 1 amide bonds. The van der Waals surface area contributed by atoms with Gasteiger partial charge in [-0.05, 0) is 24.6 Å². The number of benzene rings is 2. The Labute approximate surface area is 158 Å². The highest BCUT2D eigenvalue weighted by atomic mass is 16.5. The summed E-state index contributed by atoms with van der Waals surface area (Å²) in [6, 6.07) is 17.2. The molecule has 2 aromatic carbocycles. The molecular weight excluding hydrogens is 342 g/mol. The van der Waals surface area contributed by atoms with E-state index in [9.17, 15) is 9.59 Å². The van der Waals surface area contributed by atoms with Gasteiger partial charge in [-0.15, -0.1) is 0 Å². The van der Waals surface area contributed by atoms with E-state index in [0.717, 1.165) is 16.8 Å². The summed E-state index contributed by atoms with van der Waals surface area (Å²) in [4.78, 5) is 25.8. The third-order valence-electron chi connectivity index (χ3n) is 4.18. The number of hydrogen-bond donors (Lipinski definition) is 0. The number of aromatic nitrogens is 2. The molecule has 6 nitrogen and oxygen atoms in total. The minimum atomic E-state index is -0.578. The van der Waals surface area contributed by atoms with Gasteiger partial charge in [-0.2, -0.15) is 5.10 Å². The molecule has 0 aliphatic carbocycles. The number of rotatable bonds is 5. The third kappa shape index (κ3) is 4.06. The first kappa shape index (κ1) is 18.4. The number of para-hydroxylation sites is 1. The molecule has 0 spiro atoms. The van der Waals surface area contributed by atoms with Crippen molar-refractivity contribution in [2.45, 2.75) is 6.92 Å². The SMILES string of the molecule is Cc1ccccc1-c1nn(-c2ccccc2)cc1C(=O)OCC(=O)N(C)C. The molecule has 3 aromatic rings. The second-order valence-corrected chi connectivity index (χ2v) is 6.35. The lowest BCUT2D eigenvalue weighted by Crippen LogP contribution is -2.27. The third-order valence-corrected chi connectivity index (χ3v) is 4.18. The zero-order valence-corrected chi connectivity index (χ0v) is 15.5. The molecule has 0 N–H and O–H groups in total. The first-order chi connectivity index (χ1) is 13.0. The van der Waals surface area contributed by atoms with Crippen LogP contribution in [0.1, 0.15) is 15.9 Å². The molecule has 3 rings (SSSR count). The first-order valence-electron chi connectivity index (χ1n) is 8.55. The Bertz CT molecular complexity index is 962. The maximum Gasteiger partial charge on any atom is 0.342 e. The Balaban J connectivity index is 2.01. The van der Waals surface area contributed by atoms with Crippen molar-refractivity contribution in [3.63, 3.8) is 0 Å². The summed E-state index contributed by atoms with van der Waals surface area (Å²) in [5, 5.41) is 4.62. The average Bonchev–Trinajstić information content (AvgIpc) is 3.12. The Morgan fingerprint density at radius 1 is 1.04 bits per heavy atom. The fourth-order valence-corrected chi connectivity index (χ4v) is 2.61. The number of likely N-dealkylation sites (N-methyl/N-ethyl adjacent to an activating group) is 1. The van der Waals surface area contributed by atoms with Crippen LogP contribution in [0.15, 0.2) is 60.8 Å². The first-order valence-corrected chi connectivity index (χ1v) is 8.55. The van der Waals surface area contributed by atoms with Crippen LogP contribution in [0.5, 0.6) is 0 Å². The Kier molecular flexibility index (Phi) is 5.35. The molecule has 0 bridgehead atoms. The smallest absolute Gasteiger partial charge is 0.342 e. The molecule has 1 aromatic heterocycles.